The third-order valence-electron chi connectivity index (χ3n) is 2.47. The Kier molecular flexibility index (Phi) is 2.21. The van der Waals surface area contributed by atoms with Crippen LogP contribution in [0.1, 0.15) is 6.42 Å². The van der Waals surface area contributed by atoms with Crippen LogP contribution < -0.4 is 16.0 Å². The van der Waals surface area contributed by atoms with Crippen molar-refractivity contribution in [2.75, 3.05) is 13.2 Å². The van der Waals surface area contributed by atoms with Crippen LogP contribution in [0, 0.1) is 5.92 Å². The fourth-order valence-electron chi connectivity index (χ4n) is 1.77. The number of carbonyl (C=O) groups is 1. The monoisotopic (exact) mass is 189 g/mol. The van der Waals surface area contributed by atoms with Crippen LogP contribution in [0.15, 0.2) is 0 Å². The maximum atomic E-state index is 11.3. The summed E-state index contributed by atoms with van der Waals surface area (Å²) in [5.74, 6) is 0.174. The zero-order valence-electron chi connectivity index (χ0n) is 6.64. The van der Waals surface area contributed by atoms with E-state index in [-0.39, 0.29) is 23.4 Å². The molecule has 12 heavy (non-hydrogen) atoms. The zero-order valence-corrected chi connectivity index (χ0v) is 7.40. The average molecular weight is 190 g/mol. The maximum Gasteiger partial charge on any atom is 0.225 e. The van der Waals surface area contributed by atoms with E-state index >= 15 is 0 Å². The minimum atomic E-state index is -0.0584. The van der Waals surface area contributed by atoms with Crippen molar-refractivity contribution in [1.29, 1.82) is 0 Å². The van der Waals surface area contributed by atoms with E-state index in [0.717, 1.165) is 6.54 Å². The lowest BCUT2D eigenvalue weighted by Gasteiger charge is -2.37. The van der Waals surface area contributed by atoms with Gasteiger partial charge in [-0.15, -0.1) is 11.6 Å². The van der Waals surface area contributed by atoms with Gasteiger partial charge in [-0.3, -0.25) is 15.4 Å². The van der Waals surface area contributed by atoms with Gasteiger partial charge in [0.1, 0.15) is 0 Å². The highest BCUT2D eigenvalue weighted by Gasteiger charge is 2.36. The van der Waals surface area contributed by atoms with Crippen LogP contribution in [0.4, 0.5) is 0 Å². The summed E-state index contributed by atoms with van der Waals surface area (Å²) in [6, 6.07) is 0.258. The smallest absolute Gasteiger partial charge is 0.225 e. The Morgan fingerprint density at radius 1 is 1.42 bits per heavy atom. The topological polar surface area (TPSA) is 53.2 Å². The van der Waals surface area contributed by atoms with Crippen molar-refractivity contribution in [3.8, 4) is 0 Å². The molecule has 0 aromatic heterocycles. The van der Waals surface area contributed by atoms with E-state index in [2.05, 4.69) is 16.0 Å². The van der Waals surface area contributed by atoms with Crippen LogP contribution in [0.3, 0.4) is 0 Å². The molecule has 3 N–H and O–H groups in total. The summed E-state index contributed by atoms with van der Waals surface area (Å²) in [6.07, 6.45) is 0.713. The van der Waals surface area contributed by atoms with E-state index in [1.807, 2.05) is 0 Å². The van der Waals surface area contributed by atoms with E-state index in [1.54, 1.807) is 0 Å². The van der Waals surface area contributed by atoms with Gasteiger partial charge in [-0.25, -0.2) is 0 Å². The van der Waals surface area contributed by atoms with Gasteiger partial charge < -0.3 is 5.32 Å². The summed E-state index contributed by atoms with van der Waals surface area (Å²) in [4.78, 5) is 11.3. The normalized spacial score (nSPS) is 41.8. The van der Waals surface area contributed by atoms with Crippen molar-refractivity contribution in [2.24, 2.45) is 5.92 Å². The van der Waals surface area contributed by atoms with Gasteiger partial charge in [0.2, 0.25) is 5.91 Å². The van der Waals surface area contributed by atoms with Crippen LogP contribution in [-0.4, -0.2) is 30.7 Å². The Labute approximate surface area is 76.0 Å². The first kappa shape index (κ1) is 8.29. The third kappa shape index (κ3) is 1.42. The fourth-order valence-corrected chi connectivity index (χ4v) is 2.05. The summed E-state index contributed by atoms with van der Waals surface area (Å²) in [6.45, 7) is 1.36. The van der Waals surface area contributed by atoms with E-state index in [4.69, 9.17) is 11.6 Å². The Bertz CT molecular complexity index is 199. The fraction of sp³-hybridized carbons (Fsp3) is 0.857. The molecule has 2 aliphatic heterocycles. The molecule has 2 fully saturated rings. The van der Waals surface area contributed by atoms with Crippen LogP contribution in [0.2, 0.25) is 0 Å². The van der Waals surface area contributed by atoms with Crippen LogP contribution in [0.5, 0.6) is 0 Å². The number of hydrogen-bond acceptors (Lipinski definition) is 3. The van der Waals surface area contributed by atoms with Crippen LogP contribution in [0.25, 0.3) is 0 Å². The number of fused-ring (bicyclic) bond motifs is 1. The highest BCUT2D eigenvalue weighted by atomic mass is 35.5. The summed E-state index contributed by atoms with van der Waals surface area (Å²) >= 11 is 5.88. The molecule has 2 saturated heterocycles. The van der Waals surface area contributed by atoms with Crippen molar-refractivity contribution >= 4 is 17.5 Å². The van der Waals surface area contributed by atoms with Crippen molar-refractivity contribution in [3.05, 3.63) is 0 Å². The Hall–Kier alpha value is -0.320. The molecule has 0 spiro atoms. The van der Waals surface area contributed by atoms with E-state index in [9.17, 15) is 4.79 Å². The Morgan fingerprint density at radius 3 is 3.08 bits per heavy atom. The molecule has 0 bridgehead atoms. The average Bonchev–Trinajstić information content (AvgIpc) is 2.07. The van der Waals surface area contributed by atoms with Gasteiger partial charge in [-0.2, -0.15) is 0 Å². The van der Waals surface area contributed by atoms with Crippen LogP contribution in [-0.2, 0) is 4.79 Å². The predicted molar refractivity (Wildman–Crippen MR) is 45.7 cm³/mol. The van der Waals surface area contributed by atoms with Gasteiger partial charge in [-0.05, 0) is 6.42 Å². The maximum absolute atomic E-state index is 11.3. The highest BCUT2D eigenvalue weighted by molar-refractivity contribution is 6.20. The van der Waals surface area contributed by atoms with E-state index in [1.165, 1.54) is 0 Å². The quantitative estimate of drug-likeness (QED) is 0.346. The lowest BCUT2D eigenvalue weighted by atomic mass is 9.90. The van der Waals surface area contributed by atoms with Crippen molar-refractivity contribution in [1.82, 2.24) is 16.0 Å². The number of carbonyl (C=O) groups excluding carboxylic acids is 1. The zero-order chi connectivity index (χ0) is 8.55. The Morgan fingerprint density at radius 2 is 2.25 bits per heavy atom. The summed E-state index contributed by atoms with van der Waals surface area (Å²) in [7, 11) is 0. The molecule has 1 amide bonds. The number of halogens is 1. The SMILES string of the molecule is O=C1NCNC2CNC(Cl)CC12. The first-order chi connectivity index (χ1) is 5.77. The first-order valence-corrected chi connectivity index (χ1v) is 4.59. The molecule has 68 valence electrons. The molecule has 0 aromatic carbocycles. The van der Waals surface area contributed by atoms with Gasteiger partial charge in [-0.1, -0.05) is 0 Å². The van der Waals surface area contributed by atoms with Crippen molar-refractivity contribution in [3.63, 3.8) is 0 Å². The Balaban J connectivity index is 2.05. The van der Waals surface area contributed by atoms with Crippen LogP contribution >= 0.6 is 11.6 Å². The largest absolute Gasteiger partial charge is 0.343 e. The molecule has 3 unspecified atom stereocenters. The molecule has 4 nitrogen and oxygen atoms in total. The molecule has 5 heteroatoms. The summed E-state index contributed by atoms with van der Waals surface area (Å²) in [5.41, 5.74) is -0.0584. The second kappa shape index (κ2) is 3.20. The molecule has 0 radical (unpaired) electrons. The number of nitrogens with one attached hydrogen (secondary N) is 3. The molecule has 0 aliphatic carbocycles. The number of alkyl halides is 1. The van der Waals surface area contributed by atoms with Gasteiger partial charge in [0.05, 0.1) is 18.1 Å². The van der Waals surface area contributed by atoms with Gasteiger partial charge in [0, 0.05) is 12.6 Å². The minimum absolute atomic E-state index is 0.0440. The molecule has 0 saturated carbocycles. The summed E-state index contributed by atoms with van der Waals surface area (Å²) in [5, 5.41) is 9.11. The summed E-state index contributed by atoms with van der Waals surface area (Å²) < 4.78 is 0. The number of hydrogen-bond donors (Lipinski definition) is 3. The predicted octanol–water partition coefficient (Wildman–Crippen LogP) is -0.794. The van der Waals surface area contributed by atoms with E-state index < -0.39 is 0 Å². The van der Waals surface area contributed by atoms with Gasteiger partial charge in [0.15, 0.2) is 0 Å². The van der Waals surface area contributed by atoms with Gasteiger partial charge in [0.25, 0.3) is 0 Å². The lowest BCUT2D eigenvalue weighted by Crippen LogP contribution is -2.62. The molecule has 2 aliphatic rings. The number of amides is 1. The lowest BCUT2D eigenvalue weighted by molar-refractivity contribution is -0.128. The van der Waals surface area contributed by atoms with E-state index in [0.29, 0.717) is 13.1 Å². The molecular formula is C7H12ClN3O. The van der Waals surface area contributed by atoms with Gasteiger partial charge >= 0.3 is 0 Å². The third-order valence-corrected chi connectivity index (χ3v) is 2.80. The first-order valence-electron chi connectivity index (χ1n) is 4.16. The van der Waals surface area contributed by atoms with Crippen molar-refractivity contribution in [2.45, 2.75) is 18.0 Å². The second-order valence-corrected chi connectivity index (χ2v) is 3.77. The number of piperidine rings is 1. The minimum Gasteiger partial charge on any atom is -0.343 e. The molecule has 2 heterocycles. The second-order valence-electron chi connectivity index (χ2n) is 3.25. The highest BCUT2D eigenvalue weighted by Crippen LogP contribution is 2.20. The number of rotatable bonds is 0. The standard InChI is InChI=1S/C7H12ClN3O/c8-6-1-4-5(2-9-6)10-3-11-7(4)12/h4-6,9-10H,1-3H2,(H,11,12). The molecular weight excluding hydrogens is 178 g/mol. The molecule has 2 rings (SSSR count). The molecule has 0 aromatic rings. The van der Waals surface area contributed by atoms with Crippen molar-refractivity contribution < 1.29 is 4.79 Å². The molecule has 3 atom stereocenters.